The Morgan fingerprint density at radius 1 is 1.24 bits per heavy atom. The zero-order chi connectivity index (χ0) is 15.5. The average molecular weight is 315 g/mol. The van der Waals surface area contributed by atoms with Crippen LogP contribution in [0.5, 0.6) is 0 Å². The number of aromatic nitrogens is 2. The van der Waals surface area contributed by atoms with Crippen LogP contribution in [0.1, 0.15) is 25.1 Å². The number of aromatic amines is 1. The third-order valence-corrected chi connectivity index (χ3v) is 5.82. The lowest BCUT2D eigenvalue weighted by Gasteiger charge is -2.32. The molecule has 120 valence electrons. The summed E-state index contributed by atoms with van der Waals surface area (Å²) in [7, 11) is -3.51. The fourth-order valence-electron chi connectivity index (χ4n) is 2.51. The van der Waals surface area contributed by atoms with Crippen LogP contribution in [-0.2, 0) is 16.6 Å². The van der Waals surface area contributed by atoms with Crippen molar-refractivity contribution in [3.05, 3.63) is 11.3 Å². The molecule has 1 aromatic heterocycles. The first-order valence-corrected chi connectivity index (χ1v) is 8.91. The highest BCUT2D eigenvalue weighted by molar-refractivity contribution is 7.89. The van der Waals surface area contributed by atoms with Crippen LogP contribution in [0.3, 0.4) is 0 Å². The minimum absolute atomic E-state index is 0.172. The summed E-state index contributed by atoms with van der Waals surface area (Å²) < 4.78 is 27.1. The van der Waals surface area contributed by atoms with Crippen molar-refractivity contribution in [2.75, 3.05) is 39.3 Å². The van der Waals surface area contributed by atoms with Gasteiger partial charge in [-0.05, 0) is 20.0 Å². The quantitative estimate of drug-likeness (QED) is 0.781. The maximum absolute atomic E-state index is 12.8. The second-order valence-corrected chi connectivity index (χ2v) is 7.10. The number of hydrogen-bond donors (Lipinski definition) is 2. The Hall–Kier alpha value is -0.960. The molecule has 0 radical (unpaired) electrons. The average Bonchev–Trinajstić information content (AvgIpc) is 2.87. The Morgan fingerprint density at radius 3 is 2.48 bits per heavy atom. The molecule has 0 bridgehead atoms. The summed E-state index contributed by atoms with van der Waals surface area (Å²) in [6.07, 6.45) is 0. The monoisotopic (exact) mass is 315 g/mol. The van der Waals surface area contributed by atoms with Gasteiger partial charge in [0.2, 0.25) is 0 Å². The summed E-state index contributed by atoms with van der Waals surface area (Å²) in [4.78, 5) is 2.25. The van der Waals surface area contributed by atoms with E-state index in [0.29, 0.717) is 19.6 Å². The zero-order valence-electron chi connectivity index (χ0n) is 13.0. The normalized spacial score (nSPS) is 18.2. The molecule has 2 rings (SSSR count). The van der Waals surface area contributed by atoms with Crippen LogP contribution in [0.25, 0.3) is 0 Å². The standard InChI is InChI=1S/C13H25N5O2S/c1-4-14-10-12-11(3)15-16-13(12)21(19,20)18-8-6-17(5-2)7-9-18/h14H,4-10H2,1-3H3,(H,15,16). The Bertz CT molecular complexity index is 561. The molecule has 8 heteroatoms. The molecular weight excluding hydrogens is 290 g/mol. The van der Waals surface area contributed by atoms with Crippen molar-refractivity contribution in [2.45, 2.75) is 32.3 Å². The van der Waals surface area contributed by atoms with E-state index < -0.39 is 10.0 Å². The second-order valence-electron chi connectivity index (χ2n) is 5.25. The third-order valence-electron chi connectivity index (χ3n) is 3.95. The van der Waals surface area contributed by atoms with E-state index in [-0.39, 0.29) is 5.03 Å². The van der Waals surface area contributed by atoms with Gasteiger partial charge in [0.15, 0.2) is 5.03 Å². The molecular formula is C13H25N5O2S. The minimum Gasteiger partial charge on any atom is -0.313 e. The molecule has 21 heavy (non-hydrogen) atoms. The van der Waals surface area contributed by atoms with Crippen molar-refractivity contribution in [3.63, 3.8) is 0 Å². The topological polar surface area (TPSA) is 81.3 Å². The number of likely N-dealkylation sites (N-methyl/N-ethyl adjacent to an activating group) is 1. The molecule has 0 aromatic carbocycles. The van der Waals surface area contributed by atoms with Gasteiger partial charge in [-0.15, -0.1) is 0 Å². The first-order chi connectivity index (χ1) is 10.0. The second kappa shape index (κ2) is 6.87. The molecule has 0 spiro atoms. The van der Waals surface area contributed by atoms with E-state index in [0.717, 1.165) is 37.4 Å². The van der Waals surface area contributed by atoms with Crippen LogP contribution in [0.15, 0.2) is 5.03 Å². The number of hydrogen-bond acceptors (Lipinski definition) is 5. The Balaban J connectivity index is 2.20. The molecule has 0 unspecified atom stereocenters. The first-order valence-electron chi connectivity index (χ1n) is 7.47. The number of nitrogens with zero attached hydrogens (tertiary/aromatic N) is 3. The molecule has 7 nitrogen and oxygen atoms in total. The number of rotatable bonds is 6. The van der Waals surface area contributed by atoms with E-state index in [1.807, 2.05) is 13.8 Å². The molecule has 0 aliphatic carbocycles. The molecule has 1 fully saturated rings. The van der Waals surface area contributed by atoms with Gasteiger partial charge in [0.05, 0.1) is 0 Å². The highest BCUT2D eigenvalue weighted by atomic mass is 32.2. The summed E-state index contributed by atoms with van der Waals surface area (Å²) in [6.45, 7) is 10.8. The first kappa shape index (κ1) is 16.4. The van der Waals surface area contributed by atoms with Gasteiger partial charge in [-0.2, -0.15) is 9.40 Å². The van der Waals surface area contributed by atoms with E-state index in [4.69, 9.17) is 0 Å². The van der Waals surface area contributed by atoms with Crippen molar-refractivity contribution in [3.8, 4) is 0 Å². The lowest BCUT2D eigenvalue weighted by atomic mass is 10.2. The van der Waals surface area contributed by atoms with Crippen LogP contribution in [-0.4, -0.2) is 67.1 Å². The number of sulfonamides is 1. The van der Waals surface area contributed by atoms with Gasteiger partial charge in [0.1, 0.15) is 0 Å². The fraction of sp³-hybridized carbons (Fsp3) is 0.769. The van der Waals surface area contributed by atoms with Gasteiger partial charge in [0, 0.05) is 44.0 Å². The van der Waals surface area contributed by atoms with E-state index in [2.05, 4.69) is 27.3 Å². The molecule has 1 aliphatic heterocycles. The Morgan fingerprint density at radius 2 is 1.90 bits per heavy atom. The number of nitrogens with one attached hydrogen (secondary N) is 2. The van der Waals surface area contributed by atoms with Crippen LogP contribution in [0, 0.1) is 6.92 Å². The maximum atomic E-state index is 12.8. The van der Waals surface area contributed by atoms with Gasteiger partial charge in [0.25, 0.3) is 10.0 Å². The number of aryl methyl sites for hydroxylation is 1. The third kappa shape index (κ3) is 3.45. The lowest BCUT2D eigenvalue weighted by Crippen LogP contribution is -2.48. The largest absolute Gasteiger partial charge is 0.313 e. The smallest absolute Gasteiger partial charge is 0.262 e. The van der Waals surface area contributed by atoms with Gasteiger partial charge in [-0.25, -0.2) is 8.42 Å². The molecule has 2 heterocycles. The summed E-state index contributed by atoms with van der Waals surface area (Å²) in [6, 6.07) is 0. The van der Waals surface area contributed by atoms with Crippen molar-refractivity contribution in [1.29, 1.82) is 0 Å². The van der Waals surface area contributed by atoms with E-state index in [9.17, 15) is 8.42 Å². The molecule has 0 saturated carbocycles. The zero-order valence-corrected chi connectivity index (χ0v) is 13.8. The van der Waals surface area contributed by atoms with Gasteiger partial charge >= 0.3 is 0 Å². The minimum atomic E-state index is -3.51. The number of H-pyrrole nitrogens is 1. The van der Waals surface area contributed by atoms with Crippen molar-refractivity contribution >= 4 is 10.0 Å². The molecule has 0 atom stereocenters. The molecule has 0 amide bonds. The highest BCUT2D eigenvalue weighted by Gasteiger charge is 2.32. The molecule has 1 saturated heterocycles. The highest BCUT2D eigenvalue weighted by Crippen LogP contribution is 2.21. The molecule has 2 N–H and O–H groups in total. The molecule has 1 aliphatic rings. The van der Waals surface area contributed by atoms with Crippen LogP contribution >= 0.6 is 0 Å². The van der Waals surface area contributed by atoms with E-state index in [1.54, 1.807) is 4.31 Å². The Kier molecular flexibility index (Phi) is 5.37. The van der Waals surface area contributed by atoms with Crippen LogP contribution < -0.4 is 5.32 Å². The predicted molar refractivity (Wildman–Crippen MR) is 81.6 cm³/mol. The van der Waals surface area contributed by atoms with Crippen LogP contribution in [0.2, 0.25) is 0 Å². The van der Waals surface area contributed by atoms with Gasteiger partial charge in [-0.1, -0.05) is 13.8 Å². The van der Waals surface area contributed by atoms with Crippen molar-refractivity contribution < 1.29 is 8.42 Å². The molecule has 1 aromatic rings. The fourth-order valence-corrected chi connectivity index (χ4v) is 4.10. The lowest BCUT2D eigenvalue weighted by molar-refractivity contribution is 0.196. The maximum Gasteiger partial charge on any atom is 0.262 e. The SMILES string of the molecule is CCNCc1c(S(=O)(=O)N2CCN(CC)CC2)n[nH]c1C. The number of piperazine rings is 1. The van der Waals surface area contributed by atoms with Crippen LogP contribution in [0.4, 0.5) is 0 Å². The summed E-state index contributed by atoms with van der Waals surface area (Å²) in [5, 5.41) is 10.2. The van der Waals surface area contributed by atoms with E-state index >= 15 is 0 Å². The Labute approximate surface area is 126 Å². The summed E-state index contributed by atoms with van der Waals surface area (Å²) >= 11 is 0. The van der Waals surface area contributed by atoms with Crippen molar-refractivity contribution in [2.24, 2.45) is 0 Å². The summed E-state index contributed by atoms with van der Waals surface area (Å²) in [5.74, 6) is 0. The summed E-state index contributed by atoms with van der Waals surface area (Å²) in [5.41, 5.74) is 1.55. The van der Waals surface area contributed by atoms with Crippen molar-refractivity contribution in [1.82, 2.24) is 24.7 Å². The predicted octanol–water partition coefficient (Wildman–Crippen LogP) is 0.154. The van der Waals surface area contributed by atoms with Gasteiger partial charge in [-0.3, -0.25) is 5.10 Å². The van der Waals surface area contributed by atoms with E-state index in [1.165, 1.54) is 0 Å². The van der Waals surface area contributed by atoms with Gasteiger partial charge < -0.3 is 10.2 Å².